The highest BCUT2D eigenvalue weighted by Crippen LogP contribution is 2.77. The third-order valence-corrected chi connectivity index (χ3v) is 13.2. The van der Waals surface area contributed by atoms with Gasteiger partial charge < -0.3 is 5.73 Å². The third-order valence-electron chi connectivity index (χ3n) is 13.2. The highest BCUT2D eigenvalue weighted by Gasteiger charge is 2.72. The molecule has 33 heavy (non-hydrogen) atoms. The zero-order valence-electron chi connectivity index (χ0n) is 21.8. The summed E-state index contributed by atoms with van der Waals surface area (Å²) in [4.78, 5) is 38.5. The molecule has 5 aliphatic rings. The van der Waals surface area contributed by atoms with Gasteiger partial charge in [-0.15, -0.1) is 0 Å². The molecule has 2 N–H and O–H groups in total. The molecule has 0 bridgehead atoms. The zero-order chi connectivity index (χ0) is 24.2. The van der Waals surface area contributed by atoms with E-state index in [1.807, 2.05) is 0 Å². The van der Waals surface area contributed by atoms with E-state index in [9.17, 15) is 14.4 Å². The van der Waals surface area contributed by atoms with Crippen LogP contribution in [-0.2, 0) is 14.4 Å². The Labute approximate surface area is 200 Å². The number of primary amides is 1. The molecule has 0 aromatic heterocycles. The van der Waals surface area contributed by atoms with Gasteiger partial charge in [-0.05, 0) is 105 Å². The summed E-state index contributed by atoms with van der Waals surface area (Å²) in [6, 6.07) is 0. The van der Waals surface area contributed by atoms with Gasteiger partial charge in [-0.3, -0.25) is 14.4 Å². The third kappa shape index (κ3) is 2.67. The lowest BCUT2D eigenvalue weighted by Crippen LogP contribution is -2.67. The predicted octanol–water partition coefficient (Wildman–Crippen LogP) is 5.71. The van der Waals surface area contributed by atoms with Gasteiger partial charge in [0, 0.05) is 17.8 Å². The standard InChI is InChI=1S/C29H45NO3/c1-17(31)18-9-14-29(24(30)33)16-15-27(5)19(23(18)29)7-8-21-26(4)12-11-22(32)25(2,3)20(26)10-13-28(21,27)6/h18-21,23H,7-16H2,1-6H3,(H2,30,33)/t18-,19+,20-,21+,23+,26-,27+,28+,29-/m0/s1. The molecule has 0 aromatic carbocycles. The molecule has 5 fully saturated rings. The maximum atomic E-state index is 12.9. The Kier molecular flexibility index (Phi) is 4.95. The number of fused-ring (bicyclic) bond motifs is 7. The van der Waals surface area contributed by atoms with Crippen molar-refractivity contribution in [2.75, 3.05) is 0 Å². The van der Waals surface area contributed by atoms with Gasteiger partial charge in [0.05, 0.1) is 5.41 Å². The summed E-state index contributed by atoms with van der Waals surface area (Å²) >= 11 is 0. The largest absolute Gasteiger partial charge is 0.369 e. The van der Waals surface area contributed by atoms with Crippen LogP contribution in [0, 0.1) is 56.7 Å². The van der Waals surface area contributed by atoms with Gasteiger partial charge >= 0.3 is 0 Å². The van der Waals surface area contributed by atoms with E-state index in [4.69, 9.17) is 5.73 Å². The van der Waals surface area contributed by atoms with Crippen LogP contribution >= 0.6 is 0 Å². The van der Waals surface area contributed by atoms with Crippen LogP contribution in [0.15, 0.2) is 0 Å². The first-order chi connectivity index (χ1) is 15.3. The van der Waals surface area contributed by atoms with Crippen molar-refractivity contribution >= 4 is 17.5 Å². The van der Waals surface area contributed by atoms with Crippen LogP contribution < -0.4 is 5.73 Å². The first kappa shape index (κ1) is 23.5. The quantitative estimate of drug-likeness (QED) is 0.579. The molecule has 1 amide bonds. The summed E-state index contributed by atoms with van der Waals surface area (Å²) in [5.41, 5.74) is 5.86. The highest BCUT2D eigenvalue weighted by atomic mass is 16.1. The van der Waals surface area contributed by atoms with E-state index in [-0.39, 0.29) is 45.2 Å². The van der Waals surface area contributed by atoms with Crippen molar-refractivity contribution in [1.29, 1.82) is 0 Å². The second-order valence-corrected chi connectivity index (χ2v) is 14.1. The Balaban J connectivity index is 1.57. The molecular formula is C29H45NO3. The molecular weight excluding hydrogens is 410 g/mol. The molecule has 0 aromatic rings. The van der Waals surface area contributed by atoms with Crippen molar-refractivity contribution < 1.29 is 14.4 Å². The van der Waals surface area contributed by atoms with E-state index in [2.05, 4.69) is 34.6 Å². The maximum absolute atomic E-state index is 12.9. The summed E-state index contributed by atoms with van der Waals surface area (Å²) < 4.78 is 0. The second-order valence-electron chi connectivity index (χ2n) is 14.1. The summed E-state index contributed by atoms with van der Waals surface area (Å²) in [5, 5.41) is 0. The Morgan fingerprint density at radius 3 is 2.15 bits per heavy atom. The van der Waals surface area contributed by atoms with Crippen molar-refractivity contribution in [3.63, 3.8) is 0 Å². The number of ketones is 2. The smallest absolute Gasteiger partial charge is 0.223 e. The van der Waals surface area contributed by atoms with Gasteiger partial charge in [-0.1, -0.05) is 34.6 Å². The number of carbonyl (C=O) groups is 3. The second kappa shape index (κ2) is 6.94. The van der Waals surface area contributed by atoms with E-state index in [1.165, 1.54) is 0 Å². The van der Waals surface area contributed by atoms with E-state index in [0.717, 1.165) is 57.8 Å². The van der Waals surface area contributed by atoms with Gasteiger partial charge in [-0.2, -0.15) is 0 Å². The number of carbonyl (C=O) groups excluding carboxylic acids is 3. The van der Waals surface area contributed by atoms with Gasteiger partial charge in [-0.25, -0.2) is 0 Å². The molecule has 184 valence electrons. The predicted molar refractivity (Wildman–Crippen MR) is 129 cm³/mol. The first-order valence-electron chi connectivity index (χ1n) is 13.6. The molecule has 0 saturated heterocycles. The van der Waals surface area contributed by atoms with Crippen molar-refractivity contribution in [2.24, 2.45) is 62.4 Å². The lowest BCUT2D eigenvalue weighted by Gasteiger charge is -2.72. The molecule has 0 aliphatic heterocycles. The van der Waals surface area contributed by atoms with Crippen LogP contribution in [0.5, 0.6) is 0 Å². The van der Waals surface area contributed by atoms with Crippen molar-refractivity contribution in [1.82, 2.24) is 0 Å². The number of Topliss-reactive ketones (excluding diaryl/α,β-unsaturated/α-hetero) is 2. The maximum Gasteiger partial charge on any atom is 0.223 e. The normalized spacial score (nSPS) is 52.8. The Bertz CT molecular complexity index is 909. The fourth-order valence-corrected chi connectivity index (χ4v) is 11.3. The molecule has 0 spiro atoms. The number of nitrogens with two attached hydrogens (primary N) is 1. The Morgan fingerprint density at radius 1 is 0.818 bits per heavy atom. The summed E-state index contributed by atoms with van der Waals surface area (Å²) in [6.45, 7) is 13.7. The lowest BCUT2D eigenvalue weighted by atomic mass is 9.32. The summed E-state index contributed by atoms with van der Waals surface area (Å²) in [6.07, 6.45) is 9.76. The van der Waals surface area contributed by atoms with Crippen molar-refractivity contribution in [2.45, 2.75) is 106 Å². The Morgan fingerprint density at radius 2 is 1.52 bits per heavy atom. The summed E-state index contributed by atoms with van der Waals surface area (Å²) in [5.74, 6) is 2.07. The number of rotatable bonds is 2. The monoisotopic (exact) mass is 455 g/mol. The minimum atomic E-state index is -0.482. The minimum absolute atomic E-state index is 0.0135. The number of amides is 1. The van der Waals surface area contributed by atoms with E-state index in [1.54, 1.807) is 6.92 Å². The van der Waals surface area contributed by atoms with E-state index < -0.39 is 5.41 Å². The first-order valence-corrected chi connectivity index (χ1v) is 13.6. The SMILES string of the molecule is CC(=O)[C@@H]1CC[C@]2(C(N)=O)CC[C@]3(C)[C@H](CC[C@@H]4[C@@]5(C)CCC(=O)C(C)(C)[C@@H]5CC[C@]43C)[C@@H]12. The van der Waals surface area contributed by atoms with Gasteiger partial charge in [0.15, 0.2) is 0 Å². The van der Waals surface area contributed by atoms with Crippen LogP contribution in [0.4, 0.5) is 0 Å². The van der Waals surface area contributed by atoms with E-state index in [0.29, 0.717) is 30.0 Å². The van der Waals surface area contributed by atoms with Gasteiger partial charge in [0.25, 0.3) is 0 Å². The van der Waals surface area contributed by atoms with Gasteiger partial charge in [0.2, 0.25) is 5.91 Å². The average Bonchev–Trinajstić information content (AvgIpc) is 3.13. The number of hydrogen-bond acceptors (Lipinski definition) is 3. The van der Waals surface area contributed by atoms with E-state index >= 15 is 0 Å². The molecule has 4 heteroatoms. The molecule has 9 atom stereocenters. The molecule has 0 unspecified atom stereocenters. The van der Waals surface area contributed by atoms with Crippen LogP contribution in [0.3, 0.4) is 0 Å². The fourth-order valence-electron chi connectivity index (χ4n) is 11.3. The van der Waals surface area contributed by atoms with Gasteiger partial charge in [0.1, 0.15) is 11.6 Å². The molecule has 5 saturated carbocycles. The minimum Gasteiger partial charge on any atom is -0.369 e. The van der Waals surface area contributed by atoms with Crippen LogP contribution in [0.2, 0.25) is 0 Å². The van der Waals surface area contributed by atoms with Crippen LogP contribution in [0.25, 0.3) is 0 Å². The highest BCUT2D eigenvalue weighted by molar-refractivity contribution is 5.86. The molecule has 5 aliphatic carbocycles. The van der Waals surface area contributed by atoms with Crippen LogP contribution in [0.1, 0.15) is 106 Å². The number of hydrogen-bond donors (Lipinski definition) is 1. The average molecular weight is 456 g/mol. The molecule has 5 rings (SSSR count). The van der Waals surface area contributed by atoms with Crippen molar-refractivity contribution in [3.8, 4) is 0 Å². The topological polar surface area (TPSA) is 77.2 Å². The Hall–Kier alpha value is -1.19. The zero-order valence-corrected chi connectivity index (χ0v) is 21.8. The lowest BCUT2D eigenvalue weighted by molar-refractivity contribution is -0.233. The molecule has 4 nitrogen and oxygen atoms in total. The molecule has 0 heterocycles. The molecule has 0 radical (unpaired) electrons. The fraction of sp³-hybridized carbons (Fsp3) is 0.897. The van der Waals surface area contributed by atoms with Crippen LogP contribution in [-0.4, -0.2) is 17.5 Å². The van der Waals surface area contributed by atoms with Crippen molar-refractivity contribution in [3.05, 3.63) is 0 Å². The summed E-state index contributed by atoms with van der Waals surface area (Å²) in [7, 11) is 0.